The molecule has 0 saturated carbocycles. The fraction of sp³-hybridized carbons (Fsp3) is 0.667. The first kappa shape index (κ1) is 16.3. The van der Waals surface area contributed by atoms with E-state index in [4.69, 9.17) is 10.5 Å². The molecule has 2 atom stereocenters. The summed E-state index contributed by atoms with van der Waals surface area (Å²) in [5.41, 5.74) is 8.71. The Kier molecular flexibility index (Phi) is 6.50. The van der Waals surface area contributed by atoms with Crippen molar-refractivity contribution in [2.24, 2.45) is 11.7 Å². The third-order valence-electron chi connectivity index (χ3n) is 4.07. The predicted octanol–water partition coefficient (Wildman–Crippen LogP) is 2.34. The van der Waals surface area contributed by atoms with Gasteiger partial charge in [-0.3, -0.25) is 4.90 Å². The monoisotopic (exact) mass is 288 g/mol. The van der Waals surface area contributed by atoms with E-state index in [2.05, 4.69) is 28.9 Å². The van der Waals surface area contributed by atoms with E-state index in [9.17, 15) is 0 Å². The van der Waals surface area contributed by atoms with Crippen molar-refractivity contribution in [3.63, 3.8) is 0 Å². The highest BCUT2D eigenvalue weighted by Crippen LogP contribution is 2.33. The van der Waals surface area contributed by atoms with Crippen molar-refractivity contribution in [2.45, 2.75) is 38.1 Å². The molecule has 0 aromatic heterocycles. The molecule has 0 aromatic carbocycles. The third kappa shape index (κ3) is 5.32. The highest BCUT2D eigenvalue weighted by atomic mass is 16.5. The minimum Gasteiger partial charge on any atom is -0.377 e. The lowest BCUT2D eigenvalue weighted by Crippen LogP contribution is -2.28. The van der Waals surface area contributed by atoms with Crippen LogP contribution in [0.4, 0.5) is 0 Å². The molecule has 1 aliphatic heterocycles. The maximum atomic E-state index is 6.21. The Balaban J connectivity index is 2.18. The van der Waals surface area contributed by atoms with Crippen molar-refractivity contribution in [1.29, 1.82) is 0 Å². The first-order valence-corrected chi connectivity index (χ1v) is 8.06. The van der Waals surface area contributed by atoms with Crippen LogP contribution in [0.1, 0.15) is 32.1 Å². The zero-order chi connectivity index (χ0) is 15.1. The van der Waals surface area contributed by atoms with Gasteiger partial charge in [0, 0.05) is 18.2 Å². The molecule has 2 N–H and O–H groups in total. The molecule has 0 radical (unpaired) electrons. The number of fused-ring (bicyclic) bond motifs is 1. The van der Waals surface area contributed by atoms with E-state index in [-0.39, 0.29) is 6.04 Å². The summed E-state index contributed by atoms with van der Waals surface area (Å²) in [6, 6.07) is 0.139. The fourth-order valence-electron chi connectivity index (χ4n) is 3.01. The molecule has 0 aromatic rings. The molecule has 21 heavy (non-hydrogen) atoms. The van der Waals surface area contributed by atoms with Gasteiger partial charge in [-0.2, -0.15) is 0 Å². The Bertz CT molecular complexity index is 454. The van der Waals surface area contributed by atoms with Crippen molar-refractivity contribution in [1.82, 2.24) is 4.90 Å². The Morgan fingerprint density at radius 3 is 3.00 bits per heavy atom. The summed E-state index contributed by atoms with van der Waals surface area (Å²) in [6.45, 7) is 2.36. The average molecular weight is 288 g/mol. The number of ether oxygens (including phenoxy) is 1. The van der Waals surface area contributed by atoms with Crippen LogP contribution in [0.2, 0.25) is 0 Å². The molecule has 0 fully saturated rings. The Morgan fingerprint density at radius 1 is 1.33 bits per heavy atom. The molecule has 1 aliphatic carbocycles. The molecule has 0 bridgehead atoms. The van der Waals surface area contributed by atoms with E-state index < -0.39 is 0 Å². The summed E-state index contributed by atoms with van der Waals surface area (Å²) in [4.78, 5) is 2.08. The van der Waals surface area contributed by atoms with Gasteiger partial charge in [-0.1, -0.05) is 36.8 Å². The highest BCUT2D eigenvalue weighted by molar-refractivity contribution is 5.49. The zero-order valence-corrected chi connectivity index (χ0v) is 13.4. The largest absolute Gasteiger partial charge is 0.377 e. The van der Waals surface area contributed by atoms with Crippen molar-refractivity contribution in [3.8, 4) is 11.8 Å². The summed E-state index contributed by atoms with van der Waals surface area (Å²) in [5.74, 6) is 7.13. The van der Waals surface area contributed by atoms with Crippen molar-refractivity contribution < 1.29 is 4.74 Å². The number of hydrogen-bond donors (Lipinski definition) is 1. The quantitative estimate of drug-likeness (QED) is 0.753. The lowest BCUT2D eigenvalue weighted by atomic mass is 9.78. The third-order valence-corrected chi connectivity index (χ3v) is 4.07. The van der Waals surface area contributed by atoms with Gasteiger partial charge in [0.25, 0.3) is 0 Å². The van der Waals surface area contributed by atoms with Crippen LogP contribution in [0.15, 0.2) is 23.3 Å². The first-order chi connectivity index (χ1) is 10.2. The topological polar surface area (TPSA) is 38.5 Å². The molecule has 3 heteroatoms. The van der Waals surface area contributed by atoms with Crippen LogP contribution < -0.4 is 5.73 Å². The smallest absolute Gasteiger partial charge is 0.0653 e. The second kappa shape index (κ2) is 8.38. The number of rotatable bonds is 1. The van der Waals surface area contributed by atoms with Gasteiger partial charge in [0.2, 0.25) is 0 Å². The molecule has 116 valence electrons. The standard InChI is InChI=1S/C18H28N2O/c1-20(2)10-6-8-16-14-17(19)13-15-7-4-3-5-11-21-12-9-18(15)16/h9,14-15,17H,3-5,7,10-13,19H2,1-2H3/t15-,17+/m1/s1. The molecule has 0 unspecified atom stereocenters. The van der Waals surface area contributed by atoms with Gasteiger partial charge in [0.1, 0.15) is 0 Å². The minimum absolute atomic E-state index is 0.139. The predicted molar refractivity (Wildman–Crippen MR) is 87.9 cm³/mol. The molecular formula is C18H28N2O. The summed E-state index contributed by atoms with van der Waals surface area (Å²) in [5, 5.41) is 0. The Morgan fingerprint density at radius 2 is 2.19 bits per heavy atom. The first-order valence-electron chi connectivity index (χ1n) is 8.06. The summed E-state index contributed by atoms with van der Waals surface area (Å²) >= 11 is 0. The maximum absolute atomic E-state index is 6.21. The van der Waals surface area contributed by atoms with Crippen LogP contribution in [-0.2, 0) is 4.74 Å². The SMILES string of the molecule is CN(C)CC#CC1=C[C@@H](N)C[C@H]2CCCCCOCC=C12. The van der Waals surface area contributed by atoms with E-state index in [1.165, 1.54) is 31.3 Å². The molecule has 1 heterocycles. The van der Waals surface area contributed by atoms with E-state index in [0.29, 0.717) is 12.5 Å². The summed E-state index contributed by atoms with van der Waals surface area (Å²) in [7, 11) is 4.07. The van der Waals surface area contributed by atoms with Crippen molar-refractivity contribution >= 4 is 0 Å². The highest BCUT2D eigenvalue weighted by Gasteiger charge is 2.24. The van der Waals surface area contributed by atoms with Gasteiger partial charge in [-0.15, -0.1) is 0 Å². The molecule has 0 saturated heterocycles. The van der Waals surface area contributed by atoms with E-state index in [0.717, 1.165) is 25.1 Å². The Hall–Kier alpha value is -1.08. The molecule has 0 spiro atoms. The van der Waals surface area contributed by atoms with Gasteiger partial charge < -0.3 is 10.5 Å². The summed E-state index contributed by atoms with van der Waals surface area (Å²) < 4.78 is 5.69. The lowest BCUT2D eigenvalue weighted by Gasteiger charge is -2.28. The molecule has 0 amide bonds. The number of hydrogen-bond acceptors (Lipinski definition) is 3. The Labute approximate surface area is 129 Å². The van der Waals surface area contributed by atoms with Gasteiger partial charge in [0.15, 0.2) is 0 Å². The van der Waals surface area contributed by atoms with Gasteiger partial charge >= 0.3 is 0 Å². The lowest BCUT2D eigenvalue weighted by molar-refractivity contribution is 0.154. The van der Waals surface area contributed by atoms with Gasteiger partial charge in [-0.25, -0.2) is 0 Å². The van der Waals surface area contributed by atoms with Crippen LogP contribution >= 0.6 is 0 Å². The van der Waals surface area contributed by atoms with Crippen molar-refractivity contribution in [2.75, 3.05) is 33.9 Å². The normalized spacial score (nSPS) is 27.0. The van der Waals surface area contributed by atoms with Crippen LogP contribution in [-0.4, -0.2) is 44.8 Å². The fourth-order valence-corrected chi connectivity index (χ4v) is 3.01. The van der Waals surface area contributed by atoms with Crippen molar-refractivity contribution in [3.05, 3.63) is 23.3 Å². The van der Waals surface area contributed by atoms with E-state index >= 15 is 0 Å². The van der Waals surface area contributed by atoms with E-state index in [1.54, 1.807) is 0 Å². The van der Waals surface area contributed by atoms with Crippen LogP contribution in [0, 0.1) is 17.8 Å². The van der Waals surface area contributed by atoms with Crippen LogP contribution in [0.25, 0.3) is 0 Å². The molecule has 3 nitrogen and oxygen atoms in total. The second-order valence-corrected chi connectivity index (χ2v) is 6.30. The van der Waals surface area contributed by atoms with Crippen LogP contribution in [0.5, 0.6) is 0 Å². The van der Waals surface area contributed by atoms with Crippen LogP contribution in [0.3, 0.4) is 0 Å². The second-order valence-electron chi connectivity index (χ2n) is 6.30. The molecule has 2 aliphatic rings. The van der Waals surface area contributed by atoms with Gasteiger partial charge in [-0.05, 0) is 44.8 Å². The zero-order valence-electron chi connectivity index (χ0n) is 13.4. The molecular weight excluding hydrogens is 260 g/mol. The number of nitrogens with zero attached hydrogens (tertiary/aromatic N) is 1. The van der Waals surface area contributed by atoms with E-state index in [1.807, 2.05) is 14.1 Å². The minimum atomic E-state index is 0.139. The maximum Gasteiger partial charge on any atom is 0.0653 e. The molecule has 2 rings (SSSR count). The number of allylic oxidation sites excluding steroid dienone is 2. The number of nitrogens with two attached hydrogens (primary N) is 1. The summed E-state index contributed by atoms with van der Waals surface area (Å²) in [6.07, 6.45) is 10.3. The average Bonchev–Trinajstić information content (AvgIpc) is 2.44. The van der Waals surface area contributed by atoms with Gasteiger partial charge in [0.05, 0.1) is 13.2 Å².